The Morgan fingerprint density at radius 3 is 2.58 bits per heavy atom. The van der Waals surface area contributed by atoms with Crippen LogP contribution in [-0.2, 0) is 14.8 Å². The molecule has 0 saturated heterocycles. The molecule has 0 spiro atoms. The molecule has 3 N–H and O–H groups in total. The van der Waals surface area contributed by atoms with E-state index in [1.807, 2.05) is 0 Å². The monoisotopic (exact) mass is 286 g/mol. The van der Waals surface area contributed by atoms with E-state index in [1.165, 1.54) is 19.2 Å². The molecule has 0 heterocycles. The van der Waals surface area contributed by atoms with Gasteiger partial charge in [0.2, 0.25) is 15.9 Å². The van der Waals surface area contributed by atoms with Crippen LogP contribution >= 0.6 is 0 Å². The summed E-state index contributed by atoms with van der Waals surface area (Å²) in [6.07, 6.45) is 1.35. The Hall–Kier alpha value is -1.44. The number of sulfonamides is 1. The first kappa shape index (κ1) is 15.6. The average Bonchev–Trinajstić information content (AvgIpc) is 2.39. The van der Waals surface area contributed by atoms with Crippen molar-refractivity contribution in [3.63, 3.8) is 0 Å². The molecule has 1 aromatic carbocycles. The molecule has 0 aliphatic carbocycles. The van der Waals surface area contributed by atoms with Crippen molar-refractivity contribution in [2.75, 3.05) is 19.0 Å². The van der Waals surface area contributed by atoms with Crippen LogP contribution in [0.15, 0.2) is 29.2 Å². The second kappa shape index (κ2) is 7.22. The number of benzene rings is 1. The van der Waals surface area contributed by atoms with E-state index in [0.717, 1.165) is 0 Å². The lowest BCUT2D eigenvalue weighted by molar-refractivity contribution is -0.116. The molecule has 0 atom stereocenters. The molecule has 0 bridgehead atoms. The molecule has 0 unspecified atom stereocenters. The quantitative estimate of drug-likeness (QED) is 0.643. The van der Waals surface area contributed by atoms with Crippen LogP contribution in [-0.4, -0.2) is 33.1 Å². The lowest BCUT2D eigenvalue weighted by Crippen LogP contribution is -2.21. The fraction of sp³-hybridized carbons (Fsp3) is 0.417. The highest BCUT2D eigenvalue weighted by atomic mass is 32.2. The molecule has 1 aromatic rings. The number of carbonyl (C=O) groups excluding carboxylic acids is 1. The second-order valence-corrected chi connectivity index (χ2v) is 5.79. The molecule has 1 amide bonds. The van der Waals surface area contributed by atoms with Gasteiger partial charge in [-0.3, -0.25) is 4.79 Å². The third-order valence-electron chi connectivity index (χ3n) is 2.53. The summed E-state index contributed by atoms with van der Waals surface area (Å²) in [7, 11) is -2.29. The molecule has 106 valence electrons. The van der Waals surface area contributed by atoms with Crippen molar-refractivity contribution in [3.8, 4) is 0 Å². The maximum atomic E-state index is 11.8. The van der Waals surface area contributed by atoms with Crippen molar-refractivity contribution in [2.45, 2.75) is 24.2 Å². The van der Waals surface area contributed by atoms with Crippen LogP contribution in [0.2, 0.25) is 0 Å². The summed E-state index contributed by atoms with van der Waals surface area (Å²) in [5.74, 6) is -0.271. The summed E-state index contributed by atoms with van der Waals surface area (Å²) >= 11 is 0. The highest BCUT2D eigenvalue weighted by Gasteiger charge is 2.17. The van der Waals surface area contributed by atoms with Crippen molar-refractivity contribution in [1.29, 1.82) is 0 Å². The predicted octanol–water partition coefficient (Wildman–Crippen LogP) is 0.696. The molecule has 0 aliphatic rings. The number of nitrogens with one attached hydrogen (secondary N) is 2. The highest BCUT2D eigenvalue weighted by molar-refractivity contribution is 7.89. The van der Waals surface area contributed by atoms with Gasteiger partial charge >= 0.3 is 0 Å². The Bertz CT molecular complexity index is 528. The molecular formula is C12H18N2O4S. The second-order valence-electron chi connectivity index (χ2n) is 3.93. The van der Waals surface area contributed by atoms with E-state index in [0.29, 0.717) is 12.8 Å². The number of aliphatic hydroxyl groups is 1. The van der Waals surface area contributed by atoms with Crippen LogP contribution in [0.1, 0.15) is 19.3 Å². The number of hydrogen-bond acceptors (Lipinski definition) is 4. The number of amides is 1. The Labute approximate surface area is 112 Å². The topological polar surface area (TPSA) is 95.5 Å². The first-order valence-corrected chi connectivity index (χ1v) is 7.43. The third kappa shape index (κ3) is 4.62. The molecule has 0 saturated carbocycles. The molecule has 0 fully saturated rings. The van der Waals surface area contributed by atoms with Crippen LogP contribution in [0.3, 0.4) is 0 Å². The molecule has 6 nitrogen and oxygen atoms in total. The number of hydrogen-bond donors (Lipinski definition) is 3. The van der Waals surface area contributed by atoms with Crippen molar-refractivity contribution in [2.24, 2.45) is 0 Å². The SMILES string of the molecule is CNS(=O)(=O)c1ccccc1NC(=O)CCCCO. The van der Waals surface area contributed by atoms with E-state index >= 15 is 0 Å². The van der Waals surface area contributed by atoms with Crippen molar-refractivity contribution in [1.82, 2.24) is 4.72 Å². The number of aliphatic hydroxyl groups excluding tert-OH is 1. The van der Waals surface area contributed by atoms with E-state index < -0.39 is 10.0 Å². The molecule has 19 heavy (non-hydrogen) atoms. The lowest BCUT2D eigenvalue weighted by atomic mass is 10.2. The van der Waals surface area contributed by atoms with E-state index in [9.17, 15) is 13.2 Å². The number of carbonyl (C=O) groups is 1. The number of anilines is 1. The van der Waals surface area contributed by atoms with Gasteiger partial charge in [0.1, 0.15) is 4.90 Å². The molecule has 0 aliphatic heterocycles. The summed E-state index contributed by atoms with van der Waals surface area (Å²) in [6, 6.07) is 6.20. The van der Waals surface area contributed by atoms with Crippen molar-refractivity contribution >= 4 is 21.6 Å². The maximum Gasteiger partial charge on any atom is 0.242 e. The van der Waals surface area contributed by atoms with E-state index in [-0.39, 0.29) is 29.5 Å². The van der Waals surface area contributed by atoms with Gasteiger partial charge in [-0.15, -0.1) is 0 Å². The van der Waals surface area contributed by atoms with Crippen LogP contribution < -0.4 is 10.0 Å². The normalized spacial score (nSPS) is 11.3. The maximum absolute atomic E-state index is 11.8. The summed E-state index contributed by atoms with van der Waals surface area (Å²) < 4.78 is 25.7. The first-order valence-electron chi connectivity index (χ1n) is 5.94. The van der Waals surface area contributed by atoms with Crippen LogP contribution in [0, 0.1) is 0 Å². The molecular weight excluding hydrogens is 268 g/mol. The minimum Gasteiger partial charge on any atom is -0.396 e. The molecule has 0 aromatic heterocycles. The lowest BCUT2D eigenvalue weighted by Gasteiger charge is -2.10. The molecule has 7 heteroatoms. The summed E-state index contributed by atoms with van der Waals surface area (Å²) in [5, 5.41) is 11.2. The van der Waals surface area contributed by atoms with Gasteiger partial charge in [-0.05, 0) is 32.0 Å². The van der Waals surface area contributed by atoms with E-state index in [1.54, 1.807) is 12.1 Å². The van der Waals surface area contributed by atoms with Crippen LogP contribution in [0.4, 0.5) is 5.69 Å². The van der Waals surface area contributed by atoms with Gasteiger partial charge in [0.05, 0.1) is 5.69 Å². The standard InChI is InChI=1S/C12H18N2O4S/c1-13-19(17,18)11-7-3-2-6-10(11)14-12(16)8-4-5-9-15/h2-3,6-7,13,15H,4-5,8-9H2,1H3,(H,14,16). The highest BCUT2D eigenvalue weighted by Crippen LogP contribution is 2.20. The van der Waals surface area contributed by atoms with E-state index in [2.05, 4.69) is 10.0 Å². The molecule has 1 rings (SSSR count). The van der Waals surface area contributed by atoms with E-state index in [4.69, 9.17) is 5.11 Å². The van der Waals surface area contributed by atoms with Crippen molar-refractivity contribution in [3.05, 3.63) is 24.3 Å². The Morgan fingerprint density at radius 2 is 1.95 bits per heavy atom. The predicted molar refractivity (Wildman–Crippen MR) is 72.3 cm³/mol. The smallest absolute Gasteiger partial charge is 0.242 e. The largest absolute Gasteiger partial charge is 0.396 e. The fourth-order valence-electron chi connectivity index (χ4n) is 1.52. The Morgan fingerprint density at radius 1 is 1.26 bits per heavy atom. The molecule has 0 radical (unpaired) electrons. The van der Waals surface area contributed by atoms with Gasteiger partial charge < -0.3 is 10.4 Å². The first-order chi connectivity index (χ1) is 9.01. The third-order valence-corrected chi connectivity index (χ3v) is 4.00. The number of rotatable bonds is 7. The summed E-state index contributed by atoms with van der Waals surface area (Å²) in [4.78, 5) is 11.7. The van der Waals surface area contributed by atoms with Gasteiger partial charge in [0.15, 0.2) is 0 Å². The average molecular weight is 286 g/mol. The fourth-order valence-corrected chi connectivity index (χ4v) is 2.41. The van der Waals surface area contributed by atoms with Gasteiger partial charge in [0.25, 0.3) is 0 Å². The summed E-state index contributed by atoms with van der Waals surface area (Å²) in [5.41, 5.74) is 0.255. The zero-order chi connectivity index (χ0) is 14.3. The summed E-state index contributed by atoms with van der Waals surface area (Å²) in [6.45, 7) is 0.0397. The Balaban J connectivity index is 2.82. The van der Waals surface area contributed by atoms with Crippen LogP contribution in [0.25, 0.3) is 0 Å². The zero-order valence-electron chi connectivity index (χ0n) is 10.7. The number of unbranched alkanes of at least 4 members (excludes halogenated alkanes) is 1. The van der Waals surface area contributed by atoms with Gasteiger partial charge in [-0.25, -0.2) is 13.1 Å². The Kier molecular flexibility index (Phi) is 5.94. The van der Waals surface area contributed by atoms with Crippen molar-refractivity contribution < 1.29 is 18.3 Å². The van der Waals surface area contributed by atoms with Gasteiger partial charge in [0, 0.05) is 13.0 Å². The number of para-hydroxylation sites is 1. The van der Waals surface area contributed by atoms with Crippen LogP contribution in [0.5, 0.6) is 0 Å². The minimum absolute atomic E-state index is 0.0352. The van der Waals surface area contributed by atoms with Gasteiger partial charge in [-0.2, -0.15) is 0 Å². The van der Waals surface area contributed by atoms with Gasteiger partial charge in [-0.1, -0.05) is 12.1 Å². The minimum atomic E-state index is -3.60. The zero-order valence-corrected chi connectivity index (χ0v) is 11.5.